The Morgan fingerprint density at radius 3 is 2.74 bits per heavy atom. The van der Waals surface area contributed by atoms with Gasteiger partial charge in [0.1, 0.15) is 6.67 Å². The summed E-state index contributed by atoms with van der Waals surface area (Å²) in [6.45, 7) is 5.75. The van der Waals surface area contributed by atoms with E-state index in [-0.39, 0.29) is 17.8 Å². The average molecular weight is 474 g/mol. The number of aromatic nitrogens is 1. The molecular weight excluding hydrogens is 433 g/mol. The van der Waals surface area contributed by atoms with Crippen molar-refractivity contribution in [2.45, 2.75) is 45.2 Å². The van der Waals surface area contributed by atoms with Crippen LogP contribution in [0.3, 0.4) is 0 Å². The van der Waals surface area contributed by atoms with Gasteiger partial charge < -0.3 is 20.9 Å². The van der Waals surface area contributed by atoms with E-state index < -0.39 is 6.67 Å². The molecule has 1 aliphatic rings. The molecule has 34 heavy (non-hydrogen) atoms. The number of benzene rings is 1. The lowest BCUT2D eigenvalue weighted by molar-refractivity contribution is -0.102. The highest BCUT2D eigenvalue weighted by Crippen LogP contribution is 2.20. The zero-order valence-corrected chi connectivity index (χ0v) is 20.9. The lowest BCUT2D eigenvalue weighted by Crippen LogP contribution is -2.53. The van der Waals surface area contributed by atoms with Crippen LogP contribution in [0.5, 0.6) is 0 Å². The first-order valence-corrected chi connectivity index (χ1v) is 11.9. The molecule has 0 radical (unpaired) electrons. The summed E-state index contributed by atoms with van der Waals surface area (Å²) >= 11 is 0. The lowest BCUT2D eigenvalue weighted by Gasteiger charge is -2.38. The number of H-pyrrole nitrogens is 1. The molecule has 9 heteroatoms. The monoisotopic (exact) mass is 473 g/mol. The lowest BCUT2D eigenvalue weighted by atomic mass is 9.98. The Bertz CT molecular complexity index is 942. The van der Waals surface area contributed by atoms with Crippen molar-refractivity contribution in [1.29, 1.82) is 5.41 Å². The second-order valence-electron chi connectivity index (χ2n) is 9.23. The number of hydrogen-bond acceptors (Lipinski definition) is 4. The Hall–Kier alpha value is -2.78. The fourth-order valence-corrected chi connectivity index (χ4v) is 3.97. The van der Waals surface area contributed by atoms with Crippen LogP contribution in [0.15, 0.2) is 35.5 Å². The number of carbonyl (C=O) groups is 1. The minimum atomic E-state index is -0.465. The van der Waals surface area contributed by atoms with Crippen LogP contribution < -0.4 is 11.1 Å². The number of hydrogen-bond donors (Lipinski definition) is 4. The van der Waals surface area contributed by atoms with Gasteiger partial charge in [-0.3, -0.25) is 15.1 Å². The fourth-order valence-electron chi connectivity index (χ4n) is 3.97. The maximum Gasteiger partial charge on any atom is 0.219 e. The van der Waals surface area contributed by atoms with Crippen molar-refractivity contribution in [3.8, 4) is 0 Å². The second kappa shape index (κ2) is 13.8. The van der Waals surface area contributed by atoms with Gasteiger partial charge in [0.05, 0.1) is 6.04 Å². The van der Waals surface area contributed by atoms with Crippen LogP contribution in [0.1, 0.15) is 32.3 Å². The van der Waals surface area contributed by atoms with E-state index in [1.807, 2.05) is 11.9 Å². The molecule has 2 aromatic rings. The van der Waals surface area contributed by atoms with Crippen molar-refractivity contribution in [3.63, 3.8) is 0 Å². The van der Waals surface area contributed by atoms with E-state index in [1.54, 1.807) is 4.90 Å². The van der Waals surface area contributed by atoms with Crippen LogP contribution in [0.2, 0.25) is 0 Å². The summed E-state index contributed by atoms with van der Waals surface area (Å²) in [5.74, 6) is 0.459. The van der Waals surface area contributed by atoms with E-state index in [4.69, 9.17) is 11.1 Å². The van der Waals surface area contributed by atoms with Gasteiger partial charge in [-0.25, -0.2) is 4.39 Å². The molecule has 1 aromatic carbocycles. The number of alkyl halides is 1. The van der Waals surface area contributed by atoms with Gasteiger partial charge in [-0.05, 0) is 50.9 Å². The van der Waals surface area contributed by atoms with Crippen LogP contribution in [-0.4, -0.2) is 85.4 Å². The third kappa shape index (κ3) is 8.22. The first-order chi connectivity index (χ1) is 16.3. The molecule has 3 rings (SSSR count). The maximum absolute atomic E-state index is 12.6. The van der Waals surface area contributed by atoms with Crippen LogP contribution in [0.4, 0.5) is 4.39 Å². The van der Waals surface area contributed by atoms with E-state index in [0.29, 0.717) is 32.0 Å². The molecule has 1 saturated heterocycles. The Morgan fingerprint density at radius 2 is 2.09 bits per heavy atom. The van der Waals surface area contributed by atoms with E-state index in [0.717, 1.165) is 12.3 Å². The molecule has 0 aliphatic carbocycles. The fraction of sp³-hybridized carbons (Fsp3) is 0.560. The normalized spacial score (nSPS) is 18.0. The molecule has 2 unspecified atom stereocenters. The number of piperazine rings is 1. The standard InChI is InChI=1S/C16H24N2.C9H16FN5O/c1-12(2)8-9-14(17-3)10-13-11-18-16-7-5-4-6-15(13)16;1-14-2-3-15(5-7(14)4-10)9(12)13-8(11)6-16/h4-7,11-12,14,17-18H,8-10H2,1-3H3;6-7H,2-5H2,1H3,(H3,11,12,13). The number of fused-ring (bicyclic) bond motifs is 1. The van der Waals surface area contributed by atoms with Crippen molar-refractivity contribution in [3.05, 3.63) is 36.0 Å². The average Bonchev–Trinajstić information content (AvgIpc) is 3.24. The van der Waals surface area contributed by atoms with E-state index in [1.165, 1.54) is 29.3 Å². The number of aromatic amines is 1. The highest BCUT2D eigenvalue weighted by molar-refractivity contribution is 6.28. The zero-order valence-electron chi connectivity index (χ0n) is 20.9. The van der Waals surface area contributed by atoms with E-state index in [9.17, 15) is 9.18 Å². The molecule has 0 bridgehead atoms. The summed E-state index contributed by atoms with van der Waals surface area (Å²) in [5.41, 5.74) is 7.87. The molecule has 1 aromatic heterocycles. The molecule has 8 nitrogen and oxygen atoms in total. The SMILES string of the molecule is CN1CCN(C(=N)/N=C(\N)C=O)CC1CF.CNC(CCC(C)C)Cc1c[nH]c2ccccc12. The Balaban J connectivity index is 0.000000242. The van der Waals surface area contributed by atoms with Crippen LogP contribution in [0.25, 0.3) is 10.9 Å². The van der Waals surface area contributed by atoms with E-state index >= 15 is 0 Å². The second-order valence-corrected chi connectivity index (χ2v) is 9.23. The van der Waals surface area contributed by atoms with Crippen molar-refractivity contribution in [1.82, 2.24) is 20.1 Å². The summed E-state index contributed by atoms with van der Waals surface area (Å²) in [6, 6.07) is 8.88. The number of halogens is 1. The molecule has 2 atom stereocenters. The molecule has 188 valence electrons. The molecular formula is C25H40FN7O. The van der Waals surface area contributed by atoms with Crippen LogP contribution in [-0.2, 0) is 11.2 Å². The van der Waals surface area contributed by atoms with Crippen molar-refractivity contribution in [2.24, 2.45) is 16.6 Å². The third-order valence-electron chi connectivity index (χ3n) is 6.25. The number of aldehydes is 1. The number of likely N-dealkylation sites (N-methyl/N-ethyl adjacent to an activating group) is 2. The zero-order chi connectivity index (χ0) is 25.1. The molecule has 0 saturated carbocycles. The largest absolute Gasteiger partial charge is 0.381 e. The van der Waals surface area contributed by atoms with Gasteiger partial charge in [-0.1, -0.05) is 32.0 Å². The van der Waals surface area contributed by atoms with Crippen molar-refractivity contribution in [2.75, 3.05) is 40.4 Å². The van der Waals surface area contributed by atoms with Crippen LogP contribution >= 0.6 is 0 Å². The topological polar surface area (TPSA) is 114 Å². The first-order valence-electron chi connectivity index (χ1n) is 11.9. The summed E-state index contributed by atoms with van der Waals surface area (Å²) in [5, 5.41) is 12.4. The van der Waals surface area contributed by atoms with Gasteiger partial charge >= 0.3 is 0 Å². The minimum Gasteiger partial charge on any atom is -0.381 e. The molecule has 0 spiro atoms. The Kier molecular flexibility index (Phi) is 11.2. The van der Waals surface area contributed by atoms with Gasteiger partial charge in [0, 0.05) is 42.8 Å². The highest BCUT2D eigenvalue weighted by atomic mass is 19.1. The van der Waals surface area contributed by atoms with E-state index in [2.05, 4.69) is 66.7 Å². The number of para-hydroxylation sites is 1. The predicted molar refractivity (Wildman–Crippen MR) is 138 cm³/mol. The van der Waals surface area contributed by atoms with Gasteiger partial charge in [0.25, 0.3) is 0 Å². The summed E-state index contributed by atoms with van der Waals surface area (Å²) < 4.78 is 12.6. The molecule has 2 heterocycles. The summed E-state index contributed by atoms with van der Waals surface area (Å²) in [7, 11) is 3.91. The smallest absolute Gasteiger partial charge is 0.219 e. The summed E-state index contributed by atoms with van der Waals surface area (Å²) in [6.07, 6.45) is 6.18. The first kappa shape index (κ1) is 27.5. The minimum absolute atomic E-state index is 0.0869. The molecule has 5 N–H and O–H groups in total. The van der Waals surface area contributed by atoms with Crippen molar-refractivity contribution >= 4 is 29.0 Å². The number of guanidine groups is 1. The molecule has 1 aliphatic heterocycles. The van der Waals surface area contributed by atoms with Gasteiger partial charge in [0.15, 0.2) is 12.1 Å². The maximum atomic E-state index is 12.6. The molecule has 1 fully saturated rings. The number of rotatable bonds is 8. The van der Waals surface area contributed by atoms with Crippen molar-refractivity contribution < 1.29 is 9.18 Å². The van der Waals surface area contributed by atoms with Gasteiger partial charge in [-0.2, -0.15) is 4.99 Å². The quantitative estimate of drug-likeness (QED) is 0.267. The summed E-state index contributed by atoms with van der Waals surface area (Å²) in [4.78, 5) is 20.7. The number of nitrogens with zero attached hydrogens (tertiary/aromatic N) is 3. The van der Waals surface area contributed by atoms with Gasteiger partial charge in [0.2, 0.25) is 5.96 Å². The molecule has 0 amide bonds. The number of nitrogens with two attached hydrogens (primary N) is 1. The number of nitrogens with one attached hydrogen (secondary N) is 3. The Labute approximate surface area is 202 Å². The Morgan fingerprint density at radius 1 is 1.35 bits per heavy atom. The highest BCUT2D eigenvalue weighted by Gasteiger charge is 2.25. The van der Waals surface area contributed by atoms with Gasteiger partial charge in [-0.15, -0.1) is 0 Å². The number of carbonyl (C=O) groups excluding carboxylic acids is 1. The predicted octanol–water partition coefficient (Wildman–Crippen LogP) is 2.80. The van der Waals surface area contributed by atoms with Crippen LogP contribution in [0, 0.1) is 11.3 Å². The number of aliphatic imine (C=N–C) groups is 1. The third-order valence-corrected chi connectivity index (χ3v) is 6.25. The number of amidine groups is 1.